The first-order valence-corrected chi connectivity index (χ1v) is 8.12. The Balaban J connectivity index is 1.55. The fraction of sp³-hybridized carbons (Fsp3) is 0.105. The second kappa shape index (κ2) is 6.24. The van der Waals surface area contributed by atoms with Crippen LogP contribution in [0.25, 0.3) is 16.6 Å². The van der Waals surface area contributed by atoms with E-state index in [1.807, 2.05) is 60.8 Å². The van der Waals surface area contributed by atoms with Gasteiger partial charge >= 0.3 is 0 Å². The number of carbonyl (C=O) groups excluding carboxylic acids is 1. The number of aromatic nitrogens is 4. The molecule has 1 amide bonds. The molecule has 124 valence electrons. The van der Waals surface area contributed by atoms with Crippen molar-refractivity contribution >= 4 is 22.5 Å². The fourth-order valence-electron chi connectivity index (χ4n) is 2.80. The number of amides is 1. The minimum absolute atomic E-state index is 0.273. The van der Waals surface area contributed by atoms with Crippen LogP contribution in [0, 0.1) is 0 Å². The number of anilines is 1. The number of hydrogen-bond donors (Lipinski definition) is 1. The second-order valence-corrected chi connectivity index (χ2v) is 5.68. The Kier molecular flexibility index (Phi) is 3.78. The SMILES string of the molecule is CCn1ccc2cc(NC(=O)c3cnn(-c4ccccc4)n3)ccc21. The normalized spacial score (nSPS) is 10.9. The minimum atomic E-state index is -0.281. The summed E-state index contributed by atoms with van der Waals surface area (Å²) in [5, 5.41) is 12.4. The van der Waals surface area contributed by atoms with Crippen LogP contribution >= 0.6 is 0 Å². The number of fused-ring (bicyclic) bond motifs is 1. The molecule has 2 aromatic heterocycles. The molecule has 4 rings (SSSR count). The summed E-state index contributed by atoms with van der Waals surface area (Å²) in [6.45, 7) is 3.02. The lowest BCUT2D eigenvalue weighted by Gasteiger charge is -2.05. The van der Waals surface area contributed by atoms with E-state index in [9.17, 15) is 4.79 Å². The van der Waals surface area contributed by atoms with Crippen LogP contribution < -0.4 is 5.32 Å². The van der Waals surface area contributed by atoms with E-state index in [4.69, 9.17) is 0 Å². The maximum absolute atomic E-state index is 12.4. The monoisotopic (exact) mass is 331 g/mol. The lowest BCUT2D eigenvalue weighted by molar-refractivity contribution is 0.102. The number of carbonyl (C=O) groups is 1. The van der Waals surface area contributed by atoms with Gasteiger partial charge in [-0.3, -0.25) is 4.79 Å². The first-order chi connectivity index (χ1) is 12.2. The summed E-state index contributed by atoms with van der Waals surface area (Å²) in [5.41, 5.74) is 2.97. The summed E-state index contributed by atoms with van der Waals surface area (Å²) in [5.74, 6) is -0.281. The Hall–Kier alpha value is -3.41. The maximum atomic E-state index is 12.4. The van der Waals surface area contributed by atoms with E-state index in [1.54, 1.807) is 0 Å². The molecule has 0 saturated carbocycles. The molecule has 25 heavy (non-hydrogen) atoms. The summed E-state index contributed by atoms with van der Waals surface area (Å²) < 4.78 is 2.16. The topological polar surface area (TPSA) is 64.7 Å². The summed E-state index contributed by atoms with van der Waals surface area (Å²) >= 11 is 0. The molecular weight excluding hydrogens is 314 g/mol. The second-order valence-electron chi connectivity index (χ2n) is 5.68. The molecule has 0 aliphatic carbocycles. The predicted octanol–water partition coefficient (Wildman–Crippen LogP) is 3.49. The van der Waals surface area contributed by atoms with Gasteiger partial charge in [0, 0.05) is 29.3 Å². The van der Waals surface area contributed by atoms with Gasteiger partial charge in [0.25, 0.3) is 5.91 Å². The number of para-hydroxylation sites is 1. The van der Waals surface area contributed by atoms with Gasteiger partial charge in [-0.15, -0.1) is 5.10 Å². The van der Waals surface area contributed by atoms with Crippen LogP contribution in [-0.2, 0) is 6.54 Å². The van der Waals surface area contributed by atoms with Gasteiger partial charge in [0.1, 0.15) is 0 Å². The number of nitrogens with one attached hydrogen (secondary N) is 1. The summed E-state index contributed by atoms with van der Waals surface area (Å²) in [6.07, 6.45) is 3.51. The largest absolute Gasteiger partial charge is 0.348 e. The van der Waals surface area contributed by atoms with Crippen LogP contribution in [0.4, 0.5) is 5.69 Å². The molecule has 0 saturated heterocycles. The van der Waals surface area contributed by atoms with Gasteiger partial charge in [0.2, 0.25) is 0 Å². The molecule has 0 radical (unpaired) electrons. The highest BCUT2D eigenvalue weighted by Gasteiger charge is 2.12. The zero-order valence-corrected chi connectivity index (χ0v) is 13.8. The molecule has 1 N–H and O–H groups in total. The standard InChI is InChI=1S/C19H17N5O/c1-2-23-11-10-14-12-15(8-9-18(14)23)21-19(25)17-13-20-24(22-17)16-6-4-3-5-7-16/h3-13H,2H2,1H3,(H,21,25). The molecule has 0 unspecified atom stereocenters. The Bertz CT molecular complexity index is 1030. The van der Waals surface area contributed by atoms with Crippen LogP contribution in [0.5, 0.6) is 0 Å². The van der Waals surface area contributed by atoms with Crippen molar-refractivity contribution in [3.8, 4) is 5.69 Å². The maximum Gasteiger partial charge on any atom is 0.277 e. The van der Waals surface area contributed by atoms with E-state index in [-0.39, 0.29) is 11.6 Å². The number of hydrogen-bond acceptors (Lipinski definition) is 3. The third-order valence-corrected chi connectivity index (χ3v) is 4.08. The highest BCUT2D eigenvalue weighted by Crippen LogP contribution is 2.21. The zero-order chi connectivity index (χ0) is 17.2. The van der Waals surface area contributed by atoms with Crippen molar-refractivity contribution in [2.75, 3.05) is 5.32 Å². The van der Waals surface area contributed by atoms with E-state index < -0.39 is 0 Å². The van der Waals surface area contributed by atoms with Crippen molar-refractivity contribution in [1.82, 2.24) is 19.6 Å². The van der Waals surface area contributed by atoms with E-state index in [2.05, 4.69) is 27.0 Å². The lowest BCUT2D eigenvalue weighted by Crippen LogP contribution is -2.13. The molecule has 0 fully saturated rings. The van der Waals surface area contributed by atoms with Gasteiger partial charge in [-0.1, -0.05) is 18.2 Å². The highest BCUT2D eigenvalue weighted by atomic mass is 16.2. The summed E-state index contributed by atoms with van der Waals surface area (Å²) in [6, 6.07) is 17.4. The highest BCUT2D eigenvalue weighted by molar-refractivity contribution is 6.03. The van der Waals surface area contributed by atoms with Gasteiger partial charge in [0.15, 0.2) is 5.69 Å². The number of nitrogens with zero attached hydrogens (tertiary/aromatic N) is 4. The third-order valence-electron chi connectivity index (χ3n) is 4.08. The Morgan fingerprint density at radius 2 is 1.96 bits per heavy atom. The molecule has 6 heteroatoms. The molecule has 2 aromatic carbocycles. The van der Waals surface area contributed by atoms with Crippen LogP contribution in [0.3, 0.4) is 0 Å². The van der Waals surface area contributed by atoms with Gasteiger partial charge in [-0.25, -0.2) is 0 Å². The van der Waals surface area contributed by atoms with E-state index in [0.29, 0.717) is 0 Å². The quantitative estimate of drug-likeness (QED) is 0.622. The average molecular weight is 331 g/mol. The zero-order valence-electron chi connectivity index (χ0n) is 13.8. The molecule has 0 aliphatic rings. The predicted molar refractivity (Wildman–Crippen MR) is 96.9 cm³/mol. The molecular formula is C19H17N5O. The summed E-state index contributed by atoms with van der Waals surface area (Å²) in [4.78, 5) is 13.9. The molecule has 0 aliphatic heterocycles. The van der Waals surface area contributed by atoms with Crippen LogP contribution in [0.2, 0.25) is 0 Å². The van der Waals surface area contributed by atoms with Crippen LogP contribution in [0.1, 0.15) is 17.4 Å². The number of aryl methyl sites for hydroxylation is 1. The van der Waals surface area contributed by atoms with Crippen LogP contribution in [0.15, 0.2) is 67.0 Å². The van der Waals surface area contributed by atoms with E-state index in [1.165, 1.54) is 11.0 Å². The molecule has 6 nitrogen and oxygen atoms in total. The van der Waals surface area contributed by atoms with Crippen molar-refractivity contribution in [3.05, 3.63) is 72.7 Å². The van der Waals surface area contributed by atoms with Crippen LogP contribution in [-0.4, -0.2) is 25.5 Å². The third kappa shape index (κ3) is 2.89. The summed E-state index contributed by atoms with van der Waals surface area (Å²) in [7, 11) is 0. The molecule has 2 heterocycles. The minimum Gasteiger partial charge on any atom is -0.348 e. The van der Waals surface area contributed by atoms with Crippen molar-refractivity contribution in [1.29, 1.82) is 0 Å². The number of rotatable bonds is 4. The van der Waals surface area contributed by atoms with Gasteiger partial charge in [-0.05, 0) is 43.3 Å². The molecule has 0 spiro atoms. The van der Waals surface area contributed by atoms with Gasteiger partial charge in [-0.2, -0.15) is 9.90 Å². The molecule has 4 aromatic rings. The van der Waals surface area contributed by atoms with Crippen molar-refractivity contribution in [2.45, 2.75) is 13.5 Å². The fourth-order valence-corrected chi connectivity index (χ4v) is 2.80. The lowest BCUT2D eigenvalue weighted by atomic mass is 10.2. The Morgan fingerprint density at radius 3 is 2.76 bits per heavy atom. The van der Waals surface area contributed by atoms with Crippen molar-refractivity contribution in [2.24, 2.45) is 0 Å². The van der Waals surface area contributed by atoms with Crippen molar-refractivity contribution < 1.29 is 4.79 Å². The molecule has 0 bridgehead atoms. The first kappa shape index (κ1) is 15.1. The van der Waals surface area contributed by atoms with Gasteiger partial charge in [0.05, 0.1) is 11.9 Å². The first-order valence-electron chi connectivity index (χ1n) is 8.12. The Morgan fingerprint density at radius 1 is 1.12 bits per heavy atom. The smallest absolute Gasteiger partial charge is 0.277 e. The van der Waals surface area contributed by atoms with Gasteiger partial charge < -0.3 is 9.88 Å². The van der Waals surface area contributed by atoms with Crippen molar-refractivity contribution in [3.63, 3.8) is 0 Å². The Labute approximate surface area is 144 Å². The molecule has 0 atom stereocenters. The number of benzene rings is 2. The van der Waals surface area contributed by atoms with E-state index in [0.717, 1.165) is 28.8 Å². The van der Waals surface area contributed by atoms with E-state index >= 15 is 0 Å². The average Bonchev–Trinajstić information content (AvgIpc) is 3.29.